The lowest BCUT2D eigenvalue weighted by molar-refractivity contribution is -0.138. The number of hydrogen-bond donors (Lipinski definition) is 3. The molecule has 2 aromatic rings. The van der Waals surface area contributed by atoms with E-state index in [1.165, 1.54) is 18.2 Å². The van der Waals surface area contributed by atoms with Crippen LogP contribution in [0.4, 0.5) is 13.2 Å². The molecule has 2 unspecified atom stereocenters. The second-order valence-electron chi connectivity index (χ2n) is 8.21. The van der Waals surface area contributed by atoms with Crippen LogP contribution in [0.3, 0.4) is 0 Å². The lowest BCUT2D eigenvalue weighted by Crippen LogP contribution is -2.22. The number of phenolic OH excluding ortho intramolecular Hbond substituents is 2. The topological polar surface area (TPSA) is 96.2 Å². The van der Waals surface area contributed by atoms with Crippen LogP contribution in [-0.4, -0.2) is 34.0 Å². The molecule has 0 amide bonds. The third kappa shape index (κ3) is 6.31. The molecule has 2 atom stereocenters. The molecule has 0 radical (unpaired) electrons. The minimum Gasteiger partial charge on any atom is -0.508 e. The first-order valence-corrected chi connectivity index (χ1v) is 10.8. The fourth-order valence-corrected chi connectivity index (χ4v) is 4.18. The number of hydrogen-bond acceptors (Lipinski definition) is 6. The molecular formula is C24H27F3O6. The third-order valence-corrected chi connectivity index (χ3v) is 5.72. The van der Waals surface area contributed by atoms with Crippen LogP contribution >= 0.6 is 0 Å². The Hall–Kier alpha value is -2.94. The van der Waals surface area contributed by atoms with E-state index in [0.717, 1.165) is 6.07 Å². The van der Waals surface area contributed by atoms with E-state index in [2.05, 4.69) is 0 Å². The van der Waals surface area contributed by atoms with E-state index in [1.807, 2.05) is 0 Å². The SMILES string of the molecule is CCOc1ccc(O)cc1COC(=O)c1cc(O)c(CC2CCCC(O)C2)c(C(F)(F)F)c1. The Morgan fingerprint density at radius 3 is 2.58 bits per heavy atom. The number of carbonyl (C=O) groups is 1. The number of rotatable bonds is 7. The normalized spacial score (nSPS) is 18.7. The Morgan fingerprint density at radius 1 is 1.15 bits per heavy atom. The summed E-state index contributed by atoms with van der Waals surface area (Å²) < 4.78 is 51.9. The number of benzene rings is 2. The molecule has 6 nitrogen and oxygen atoms in total. The second kappa shape index (κ2) is 10.3. The predicted molar refractivity (Wildman–Crippen MR) is 113 cm³/mol. The standard InChI is InChI=1S/C24H27F3O6/c1-2-32-22-7-6-18(29)10-16(22)13-33-23(31)15-11-20(24(25,26)27)19(21(30)12-15)9-14-4-3-5-17(28)8-14/h6-7,10-12,14,17,28-30H,2-5,8-9,13H2,1H3. The largest absolute Gasteiger partial charge is 0.508 e. The van der Waals surface area contributed by atoms with Crippen molar-refractivity contribution in [3.05, 3.63) is 52.6 Å². The predicted octanol–water partition coefficient (Wildman–Crippen LogP) is 4.97. The second-order valence-corrected chi connectivity index (χ2v) is 8.21. The van der Waals surface area contributed by atoms with E-state index in [-0.39, 0.29) is 30.3 Å². The summed E-state index contributed by atoms with van der Waals surface area (Å²) in [5, 5.41) is 29.9. The number of esters is 1. The average Bonchev–Trinajstić information content (AvgIpc) is 2.74. The van der Waals surface area contributed by atoms with Gasteiger partial charge in [-0.1, -0.05) is 6.42 Å². The van der Waals surface area contributed by atoms with Crippen molar-refractivity contribution in [2.75, 3.05) is 6.61 Å². The smallest absolute Gasteiger partial charge is 0.416 e. The first-order chi connectivity index (χ1) is 15.6. The zero-order valence-corrected chi connectivity index (χ0v) is 18.2. The number of aliphatic hydroxyl groups excluding tert-OH is 1. The van der Waals surface area contributed by atoms with Gasteiger partial charge in [-0.2, -0.15) is 13.2 Å². The molecule has 2 aromatic carbocycles. The van der Waals surface area contributed by atoms with Gasteiger partial charge in [0.2, 0.25) is 0 Å². The summed E-state index contributed by atoms with van der Waals surface area (Å²) in [6.45, 7) is 1.74. The maximum absolute atomic E-state index is 13.8. The number of carbonyl (C=O) groups excluding carboxylic acids is 1. The highest BCUT2D eigenvalue weighted by Gasteiger charge is 2.37. The summed E-state index contributed by atoms with van der Waals surface area (Å²) in [4.78, 5) is 12.5. The maximum atomic E-state index is 13.8. The number of phenols is 2. The van der Waals surface area contributed by atoms with Gasteiger partial charge in [-0.3, -0.25) is 0 Å². The van der Waals surface area contributed by atoms with E-state index >= 15 is 0 Å². The van der Waals surface area contributed by atoms with E-state index in [0.29, 0.717) is 49.7 Å². The Labute approximate surface area is 189 Å². The van der Waals surface area contributed by atoms with Gasteiger partial charge in [0.1, 0.15) is 23.9 Å². The van der Waals surface area contributed by atoms with Crippen molar-refractivity contribution in [2.45, 2.75) is 57.9 Å². The number of aromatic hydroxyl groups is 2. The van der Waals surface area contributed by atoms with Gasteiger partial charge < -0.3 is 24.8 Å². The number of aliphatic hydroxyl groups is 1. The van der Waals surface area contributed by atoms with Crippen LogP contribution in [0.1, 0.15) is 59.7 Å². The summed E-state index contributed by atoms with van der Waals surface area (Å²) in [6.07, 6.45) is -3.05. The first kappa shape index (κ1) is 24.7. The van der Waals surface area contributed by atoms with E-state index in [1.54, 1.807) is 6.92 Å². The molecule has 0 aliphatic heterocycles. The molecule has 0 heterocycles. The molecule has 3 N–H and O–H groups in total. The van der Waals surface area contributed by atoms with Crippen LogP contribution in [0.15, 0.2) is 30.3 Å². The lowest BCUT2D eigenvalue weighted by Gasteiger charge is -2.27. The highest BCUT2D eigenvalue weighted by Crippen LogP contribution is 2.40. The molecule has 0 spiro atoms. The summed E-state index contributed by atoms with van der Waals surface area (Å²) in [5.41, 5.74) is -1.48. The highest BCUT2D eigenvalue weighted by atomic mass is 19.4. The molecule has 1 aliphatic rings. The van der Waals surface area contributed by atoms with Crippen LogP contribution in [0.5, 0.6) is 17.2 Å². The monoisotopic (exact) mass is 468 g/mol. The molecule has 1 fully saturated rings. The fraction of sp³-hybridized carbons (Fsp3) is 0.458. The van der Waals surface area contributed by atoms with Gasteiger partial charge >= 0.3 is 12.1 Å². The van der Waals surface area contributed by atoms with Crippen LogP contribution in [-0.2, 0) is 23.9 Å². The fourth-order valence-electron chi connectivity index (χ4n) is 4.18. The summed E-state index contributed by atoms with van der Waals surface area (Å²) >= 11 is 0. The van der Waals surface area contributed by atoms with Gasteiger partial charge in [-0.05, 0) is 68.9 Å². The lowest BCUT2D eigenvalue weighted by atomic mass is 9.82. The van der Waals surface area contributed by atoms with E-state index < -0.39 is 35.1 Å². The Morgan fingerprint density at radius 2 is 1.91 bits per heavy atom. The van der Waals surface area contributed by atoms with Crippen molar-refractivity contribution < 1.29 is 42.8 Å². The minimum absolute atomic E-state index is 0.0475. The highest BCUT2D eigenvalue weighted by molar-refractivity contribution is 5.90. The molecule has 180 valence electrons. The molecule has 9 heteroatoms. The first-order valence-electron chi connectivity index (χ1n) is 10.8. The molecule has 33 heavy (non-hydrogen) atoms. The van der Waals surface area contributed by atoms with Crippen molar-refractivity contribution in [1.82, 2.24) is 0 Å². The molecule has 3 rings (SSSR count). The maximum Gasteiger partial charge on any atom is 0.416 e. The van der Waals surface area contributed by atoms with Gasteiger partial charge in [-0.15, -0.1) is 0 Å². The molecule has 0 aromatic heterocycles. The third-order valence-electron chi connectivity index (χ3n) is 5.72. The molecular weight excluding hydrogens is 441 g/mol. The number of halogens is 3. The summed E-state index contributed by atoms with van der Waals surface area (Å²) in [7, 11) is 0. The molecule has 0 saturated heterocycles. The molecule has 1 saturated carbocycles. The van der Waals surface area contributed by atoms with Crippen molar-refractivity contribution in [1.29, 1.82) is 0 Å². The van der Waals surface area contributed by atoms with Crippen molar-refractivity contribution in [2.24, 2.45) is 5.92 Å². The van der Waals surface area contributed by atoms with Crippen molar-refractivity contribution in [3.8, 4) is 17.2 Å². The van der Waals surface area contributed by atoms with Crippen molar-refractivity contribution in [3.63, 3.8) is 0 Å². The molecule has 1 aliphatic carbocycles. The minimum atomic E-state index is -4.79. The number of ether oxygens (including phenoxy) is 2. The quantitative estimate of drug-likeness (QED) is 0.497. The van der Waals surface area contributed by atoms with Gasteiger partial charge in [0.15, 0.2) is 0 Å². The van der Waals surface area contributed by atoms with Gasteiger partial charge in [0.25, 0.3) is 0 Å². The zero-order valence-electron chi connectivity index (χ0n) is 18.2. The Kier molecular flexibility index (Phi) is 7.73. The molecule has 0 bridgehead atoms. The van der Waals surface area contributed by atoms with Crippen LogP contribution in [0.2, 0.25) is 0 Å². The number of alkyl halides is 3. The average molecular weight is 468 g/mol. The van der Waals surface area contributed by atoms with Crippen LogP contribution in [0.25, 0.3) is 0 Å². The van der Waals surface area contributed by atoms with Crippen molar-refractivity contribution >= 4 is 5.97 Å². The van der Waals surface area contributed by atoms with Crippen LogP contribution < -0.4 is 4.74 Å². The van der Waals surface area contributed by atoms with E-state index in [9.17, 15) is 33.3 Å². The Bertz CT molecular complexity index is 989. The zero-order chi connectivity index (χ0) is 24.2. The van der Waals surface area contributed by atoms with Gasteiger partial charge in [-0.25, -0.2) is 4.79 Å². The van der Waals surface area contributed by atoms with E-state index in [4.69, 9.17) is 9.47 Å². The Balaban J connectivity index is 1.83. The van der Waals surface area contributed by atoms with Gasteiger partial charge in [0.05, 0.1) is 23.8 Å². The summed E-state index contributed by atoms with van der Waals surface area (Å²) in [5.74, 6) is -1.60. The van der Waals surface area contributed by atoms with Crippen LogP contribution in [0, 0.1) is 5.92 Å². The summed E-state index contributed by atoms with van der Waals surface area (Å²) in [6, 6.07) is 5.87. The van der Waals surface area contributed by atoms with Gasteiger partial charge in [0, 0.05) is 11.1 Å².